The Labute approximate surface area is 146 Å². The SMILES string of the molecule is C=CCOc1cc(C)c(OCCCCON=C(C)C)c(CCC)c1. The average molecular weight is 333 g/mol. The topological polar surface area (TPSA) is 40.0 Å². The van der Waals surface area contributed by atoms with Crippen LogP contribution in [-0.4, -0.2) is 25.5 Å². The first kappa shape index (κ1) is 20.1. The zero-order valence-corrected chi connectivity index (χ0v) is 15.6. The van der Waals surface area contributed by atoms with Crippen LogP contribution in [0.4, 0.5) is 0 Å². The van der Waals surface area contributed by atoms with Gasteiger partial charge >= 0.3 is 0 Å². The molecule has 0 heterocycles. The third-order valence-electron chi connectivity index (χ3n) is 3.34. The van der Waals surface area contributed by atoms with Crippen molar-refractivity contribution in [3.8, 4) is 11.5 Å². The predicted molar refractivity (Wildman–Crippen MR) is 100 cm³/mol. The molecule has 0 saturated heterocycles. The van der Waals surface area contributed by atoms with E-state index in [1.807, 2.05) is 19.9 Å². The number of rotatable bonds is 12. The molecule has 0 atom stereocenters. The molecule has 0 N–H and O–H groups in total. The Morgan fingerprint density at radius 3 is 2.58 bits per heavy atom. The van der Waals surface area contributed by atoms with E-state index in [1.165, 1.54) is 5.56 Å². The van der Waals surface area contributed by atoms with Crippen LogP contribution >= 0.6 is 0 Å². The van der Waals surface area contributed by atoms with E-state index in [0.717, 1.165) is 48.5 Å². The number of benzene rings is 1. The van der Waals surface area contributed by atoms with Gasteiger partial charge in [0.05, 0.1) is 12.3 Å². The van der Waals surface area contributed by atoms with E-state index in [2.05, 4.69) is 31.6 Å². The Kier molecular flexibility index (Phi) is 9.66. The highest BCUT2D eigenvalue weighted by Gasteiger charge is 2.10. The molecule has 24 heavy (non-hydrogen) atoms. The van der Waals surface area contributed by atoms with Crippen molar-refractivity contribution >= 4 is 5.71 Å². The van der Waals surface area contributed by atoms with Gasteiger partial charge in [0.25, 0.3) is 0 Å². The Morgan fingerprint density at radius 2 is 1.92 bits per heavy atom. The molecule has 0 saturated carbocycles. The van der Waals surface area contributed by atoms with Crippen molar-refractivity contribution in [3.05, 3.63) is 35.9 Å². The molecule has 134 valence electrons. The number of aryl methyl sites for hydroxylation is 2. The van der Waals surface area contributed by atoms with E-state index >= 15 is 0 Å². The van der Waals surface area contributed by atoms with Crippen LogP contribution in [0.25, 0.3) is 0 Å². The predicted octanol–water partition coefficient (Wildman–Crippen LogP) is 5.08. The number of oxime groups is 1. The summed E-state index contributed by atoms with van der Waals surface area (Å²) in [6, 6.07) is 4.11. The van der Waals surface area contributed by atoms with Gasteiger partial charge in [0.1, 0.15) is 24.7 Å². The van der Waals surface area contributed by atoms with Crippen molar-refractivity contribution < 1.29 is 14.3 Å². The summed E-state index contributed by atoms with van der Waals surface area (Å²) < 4.78 is 11.7. The average Bonchev–Trinajstić information content (AvgIpc) is 2.54. The number of ether oxygens (including phenoxy) is 2. The molecule has 0 unspecified atom stereocenters. The maximum absolute atomic E-state index is 6.04. The molecule has 0 radical (unpaired) electrons. The third kappa shape index (κ3) is 7.53. The van der Waals surface area contributed by atoms with Gasteiger partial charge in [-0.2, -0.15) is 0 Å². The van der Waals surface area contributed by atoms with E-state index in [0.29, 0.717) is 19.8 Å². The second-order valence-corrected chi connectivity index (χ2v) is 6.01. The van der Waals surface area contributed by atoms with Crippen LogP contribution in [0.5, 0.6) is 11.5 Å². The van der Waals surface area contributed by atoms with E-state index in [9.17, 15) is 0 Å². The van der Waals surface area contributed by atoms with Gasteiger partial charge in [-0.3, -0.25) is 0 Å². The minimum atomic E-state index is 0.519. The van der Waals surface area contributed by atoms with Crippen molar-refractivity contribution in [1.82, 2.24) is 0 Å². The Hall–Kier alpha value is -1.97. The van der Waals surface area contributed by atoms with Crippen LogP contribution in [0, 0.1) is 6.92 Å². The molecule has 0 spiro atoms. The lowest BCUT2D eigenvalue weighted by Crippen LogP contribution is -2.05. The monoisotopic (exact) mass is 333 g/mol. The van der Waals surface area contributed by atoms with Gasteiger partial charge in [0, 0.05) is 0 Å². The normalized spacial score (nSPS) is 10.2. The van der Waals surface area contributed by atoms with E-state index in [1.54, 1.807) is 6.08 Å². The molecule has 0 aliphatic carbocycles. The Morgan fingerprint density at radius 1 is 1.17 bits per heavy atom. The molecule has 1 rings (SSSR count). The van der Waals surface area contributed by atoms with Crippen molar-refractivity contribution in [1.29, 1.82) is 0 Å². The summed E-state index contributed by atoms with van der Waals surface area (Å²) in [6.07, 6.45) is 5.68. The van der Waals surface area contributed by atoms with Crippen molar-refractivity contribution in [2.24, 2.45) is 5.16 Å². The summed E-state index contributed by atoms with van der Waals surface area (Å²) in [5.41, 5.74) is 3.26. The van der Waals surface area contributed by atoms with Crippen molar-refractivity contribution in [3.63, 3.8) is 0 Å². The summed E-state index contributed by atoms with van der Waals surface area (Å²) in [4.78, 5) is 5.19. The van der Waals surface area contributed by atoms with Gasteiger partial charge in [0.2, 0.25) is 0 Å². The number of hydrogen-bond acceptors (Lipinski definition) is 4. The minimum absolute atomic E-state index is 0.519. The summed E-state index contributed by atoms with van der Waals surface area (Å²) in [5, 5.41) is 3.92. The summed E-state index contributed by atoms with van der Waals surface area (Å²) in [7, 11) is 0. The quantitative estimate of drug-likeness (QED) is 0.232. The third-order valence-corrected chi connectivity index (χ3v) is 3.34. The highest BCUT2D eigenvalue weighted by Crippen LogP contribution is 2.30. The molecule has 1 aromatic rings. The Balaban J connectivity index is 2.56. The first-order valence-corrected chi connectivity index (χ1v) is 8.71. The molecule has 0 aliphatic rings. The molecule has 4 nitrogen and oxygen atoms in total. The van der Waals surface area contributed by atoms with Crippen molar-refractivity contribution in [2.75, 3.05) is 19.8 Å². The molecule has 0 fully saturated rings. The van der Waals surface area contributed by atoms with Gasteiger partial charge in [0.15, 0.2) is 0 Å². The fraction of sp³-hybridized carbons (Fsp3) is 0.550. The second-order valence-electron chi connectivity index (χ2n) is 6.01. The fourth-order valence-corrected chi connectivity index (χ4v) is 2.33. The molecule has 4 heteroatoms. The van der Waals surface area contributed by atoms with E-state index < -0.39 is 0 Å². The van der Waals surface area contributed by atoms with Gasteiger partial charge in [-0.15, -0.1) is 0 Å². The molecule has 0 amide bonds. The first-order chi connectivity index (χ1) is 11.6. The van der Waals surface area contributed by atoms with Crippen LogP contribution < -0.4 is 9.47 Å². The van der Waals surface area contributed by atoms with Crippen LogP contribution in [0.3, 0.4) is 0 Å². The first-order valence-electron chi connectivity index (χ1n) is 8.71. The lowest BCUT2D eigenvalue weighted by atomic mass is 10.0. The minimum Gasteiger partial charge on any atom is -0.493 e. The van der Waals surface area contributed by atoms with Gasteiger partial charge < -0.3 is 14.3 Å². The van der Waals surface area contributed by atoms with Crippen molar-refractivity contribution in [2.45, 2.75) is 53.4 Å². The number of hydrogen-bond donors (Lipinski definition) is 0. The summed E-state index contributed by atoms with van der Waals surface area (Å²) >= 11 is 0. The number of nitrogens with zero attached hydrogens (tertiary/aromatic N) is 1. The largest absolute Gasteiger partial charge is 0.493 e. The number of unbranched alkanes of at least 4 members (excludes halogenated alkanes) is 1. The van der Waals surface area contributed by atoms with Crippen LogP contribution in [-0.2, 0) is 11.3 Å². The van der Waals surface area contributed by atoms with Gasteiger partial charge in [-0.25, -0.2) is 0 Å². The highest BCUT2D eigenvalue weighted by atomic mass is 16.6. The van der Waals surface area contributed by atoms with Crippen LogP contribution in [0.1, 0.15) is 51.2 Å². The van der Waals surface area contributed by atoms with E-state index in [4.69, 9.17) is 14.3 Å². The summed E-state index contributed by atoms with van der Waals surface area (Å²) in [5.74, 6) is 1.87. The fourth-order valence-electron chi connectivity index (χ4n) is 2.33. The molecular formula is C20H31NO3. The molecule has 0 aromatic heterocycles. The molecule has 0 aliphatic heterocycles. The van der Waals surface area contributed by atoms with Gasteiger partial charge in [-0.05, 0) is 63.3 Å². The molecular weight excluding hydrogens is 302 g/mol. The lowest BCUT2D eigenvalue weighted by Gasteiger charge is -2.16. The second kappa shape index (κ2) is 11.5. The standard InChI is InChI=1S/C20H31NO3/c1-6-10-18-15-19(22-11-7-2)14-17(5)20(18)23-12-8-9-13-24-21-16(3)4/h7,14-15H,2,6,8-13H2,1,3-5H3. The zero-order chi connectivity index (χ0) is 17.8. The maximum Gasteiger partial charge on any atom is 0.125 e. The molecule has 0 bridgehead atoms. The highest BCUT2D eigenvalue weighted by molar-refractivity contribution is 5.78. The maximum atomic E-state index is 6.04. The lowest BCUT2D eigenvalue weighted by molar-refractivity contribution is 0.135. The zero-order valence-electron chi connectivity index (χ0n) is 15.6. The van der Waals surface area contributed by atoms with E-state index in [-0.39, 0.29) is 0 Å². The Bertz CT molecular complexity index is 534. The van der Waals surface area contributed by atoms with Gasteiger partial charge in [-0.1, -0.05) is 31.2 Å². The molecule has 1 aromatic carbocycles. The summed E-state index contributed by atoms with van der Waals surface area (Å²) in [6.45, 7) is 13.6. The smallest absolute Gasteiger partial charge is 0.125 e. The van der Waals surface area contributed by atoms with Crippen LogP contribution in [0.15, 0.2) is 29.9 Å². The van der Waals surface area contributed by atoms with Crippen LogP contribution in [0.2, 0.25) is 0 Å².